The lowest BCUT2D eigenvalue weighted by atomic mass is 10.1. The third-order valence-electron chi connectivity index (χ3n) is 4.42. The summed E-state index contributed by atoms with van der Waals surface area (Å²) in [4.78, 5) is 25.8. The number of carbonyl (C=O) groups excluding carboxylic acids is 1. The Morgan fingerprint density at radius 1 is 1.23 bits per heavy atom. The highest BCUT2D eigenvalue weighted by Gasteiger charge is 2.29. The van der Waals surface area contributed by atoms with Gasteiger partial charge in [-0.2, -0.15) is 0 Å². The van der Waals surface area contributed by atoms with Crippen molar-refractivity contribution in [3.63, 3.8) is 0 Å². The van der Waals surface area contributed by atoms with Gasteiger partial charge in [0.1, 0.15) is 10.7 Å². The summed E-state index contributed by atoms with van der Waals surface area (Å²) in [7, 11) is 0. The van der Waals surface area contributed by atoms with Crippen molar-refractivity contribution in [1.82, 2.24) is 14.9 Å². The average molecular weight is 317 g/mol. The molecule has 4 rings (SSSR count). The van der Waals surface area contributed by atoms with E-state index < -0.39 is 0 Å². The van der Waals surface area contributed by atoms with Gasteiger partial charge in [-0.15, -0.1) is 11.3 Å². The zero-order valence-corrected chi connectivity index (χ0v) is 13.7. The predicted molar refractivity (Wildman–Crippen MR) is 85.6 cm³/mol. The van der Waals surface area contributed by atoms with Crippen LogP contribution in [-0.4, -0.2) is 47.1 Å². The fraction of sp³-hybridized carbons (Fsp3) is 0.562. The maximum absolute atomic E-state index is 12.8. The first-order chi connectivity index (χ1) is 10.6. The summed E-state index contributed by atoms with van der Waals surface area (Å²) in [5.41, 5.74) is 2.03. The standard InChI is InChI=1S/C16H19N3O2S/c1-9-12-10(2)17-14(11-3-4-11)18-15(12)22-13(9)16(20)19-5-7-21-8-6-19/h11H,3-8H2,1-2H3. The van der Waals surface area contributed by atoms with Crippen LogP contribution in [-0.2, 0) is 4.74 Å². The molecule has 6 heteroatoms. The summed E-state index contributed by atoms with van der Waals surface area (Å²) in [6.45, 7) is 6.63. The topological polar surface area (TPSA) is 55.3 Å². The molecule has 0 atom stereocenters. The van der Waals surface area contributed by atoms with Crippen molar-refractivity contribution >= 4 is 27.5 Å². The fourth-order valence-corrected chi connectivity index (χ4v) is 4.20. The van der Waals surface area contributed by atoms with Crippen molar-refractivity contribution in [3.05, 3.63) is 22.0 Å². The number of nitrogens with zero attached hydrogens (tertiary/aromatic N) is 3. The van der Waals surface area contributed by atoms with Crippen molar-refractivity contribution in [2.24, 2.45) is 0 Å². The van der Waals surface area contributed by atoms with Gasteiger partial charge in [0, 0.05) is 24.4 Å². The van der Waals surface area contributed by atoms with Gasteiger partial charge in [0.15, 0.2) is 0 Å². The lowest BCUT2D eigenvalue weighted by Gasteiger charge is -2.26. The molecule has 1 aliphatic carbocycles. The lowest BCUT2D eigenvalue weighted by molar-refractivity contribution is 0.0306. The molecule has 2 aromatic heterocycles. The number of carbonyl (C=O) groups is 1. The van der Waals surface area contributed by atoms with Gasteiger partial charge in [-0.3, -0.25) is 4.79 Å². The monoisotopic (exact) mass is 317 g/mol. The van der Waals surface area contributed by atoms with E-state index in [9.17, 15) is 4.79 Å². The number of aryl methyl sites for hydroxylation is 2. The number of aromatic nitrogens is 2. The van der Waals surface area contributed by atoms with Gasteiger partial charge in [0.2, 0.25) is 0 Å². The second-order valence-corrected chi connectivity index (χ2v) is 7.08. The molecule has 5 nitrogen and oxygen atoms in total. The van der Waals surface area contributed by atoms with E-state index in [-0.39, 0.29) is 5.91 Å². The molecule has 1 saturated heterocycles. The number of hydrogen-bond donors (Lipinski definition) is 0. The van der Waals surface area contributed by atoms with Gasteiger partial charge in [0.05, 0.1) is 23.8 Å². The molecule has 2 aliphatic rings. The first kappa shape index (κ1) is 14.1. The van der Waals surface area contributed by atoms with Crippen LogP contribution in [0.15, 0.2) is 0 Å². The van der Waals surface area contributed by atoms with E-state index >= 15 is 0 Å². The molecule has 0 unspecified atom stereocenters. The Labute approximate surface area is 133 Å². The van der Waals surface area contributed by atoms with E-state index in [0.717, 1.165) is 32.2 Å². The van der Waals surface area contributed by atoms with Crippen molar-refractivity contribution in [3.8, 4) is 0 Å². The van der Waals surface area contributed by atoms with Crippen LogP contribution in [0.25, 0.3) is 10.2 Å². The molecule has 0 radical (unpaired) electrons. The highest BCUT2D eigenvalue weighted by molar-refractivity contribution is 7.20. The smallest absolute Gasteiger partial charge is 0.264 e. The molecule has 116 valence electrons. The second kappa shape index (κ2) is 5.28. The van der Waals surface area contributed by atoms with Gasteiger partial charge < -0.3 is 9.64 Å². The highest BCUT2D eigenvalue weighted by atomic mass is 32.1. The van der Waals surface area contributed by atoms with Crippen LogP contribution in [0, 0.1) is 13.8 Å². The summed E-state index contributed by atoms with van der Waals surface area (Å²) in [5.74, 6) is 1.59. The molecule has 22 heavy (non-hydrogen) atoms. The Morgan fingerprint density at radius 2 is 1.95 bits per heavy atom. The normalized spacial score (nSPS) is 18.9. The number of morpholine rings is 1. The molecule has 1 saturated carbocycles. The van der Waals surface area contributed by atoms with E-state index in [1.54, 1.807) is 0 Å². The number of rotatable bonds is 2. The molecule has 1 aliphatic heterocycles. The maximum atomic E-state index is 12.8. The van der Waals surface area contributed by atoms with Crippen LogP contribution in [0.5, 0.6) is 0 Å². The van der Waals surface area contributed by atoms with E-state index in [4.69, 9.17) is 9.72 Å². The van der Waals surface area contributed by atoms with E-state index in [0.29, 0.717) is 32.2 Å². The summed E-state index contributed by atoms with van der Waals surface area (Å²) in [6.07, 6.45) is 2.38. The van der Waals surface area contributed by atoms with Gasteiger partial charge in [-0.1, -0.05) is 0 Å². The quantitative estimate of drug-likeness (QED) is 0.854. The molecule has 0 aromatic carbocycles. The van der Waals surface area contributed by atoms with Gasteiger partial charge >= 0.3 is 0 Å². The Balaban J connectivity index is 1.76. The molecule has 2 fully saturated rings. The lowest BCUT2D eigenvalue weighted by Crippen LogP contribution is -2.40. The molecular weight excluding hydrogens is 298 g/mol. The first-order valence-corrected chi connectivity index (χ1v) is 8.61. The third kappa shape index (κ3) is 2.30. The maximum Gasteiger partial charge on any atom is 0.264 e. The average Bonchev–Trinajstić information content (AvgIpc) is 3.32. The van der Waals surface area contributed by atoms with Gasteiger partial charge in [-0.25, -0.2) is 9.97 Å². The zero-order valence-electron chi connectivity index (χ0n) is 12.9. The Kier molecular flexibility index (Phi) is 3.38. The van der Waals surface area contributed by atoms with Crippen molar-refractivity contribution in [2.45, 2.75) is 32.6 Å². The molecule has 3 heterocycles. The Bertz CT molecular complexity index is 745. The fourth-order valence-electron chi connectivity index (χ4n) is 3.00. The van der Waals surface area contributed by atoms with Crippen LogP contribution >= 0.6 is 11.3 Å². The number of fused-ring (bicyclic) bond motifs is 1. The van der Waals surface area contributed by atoms with Crippen molar-refractivity contribution in [1.29, 1.82) is 0 Å². The van der Waals surface area contributed by atoms with Gasteiger partial charge in [-0.05, 0) is 32.3 Å². The Hall–Kier alpha value is -1.53. The highest BCUT2D eigenvalue weighted by Crippen LogP contribution is 2.40. The second-order valence-electron chi connectivity index (χ2n) is 6.08. The zero-order chi connectivity index (χ0) is 15.3. The number of hydrogen-bond acceptors (Lipinski definition) is 5. The molecule has 1 amide bonds. The third-order valence-corrected chi connectivity index (χ3v) is 5.60. The number of ether oxygens (including phenoxy) is 1. The van der Waals surface area contributed by atoms with Crippen molar-refractivity contribution in [2.75, 3.05) is 26.3 Å². The summed E-state index contributed by atoms with van der Waals surface area (Å²) < 4.78 is 5.33. The van der Waals surface area contributed by atoms with Crippen molar-refractivity contribution < 1.29 is 9.53 Å². The largest absolute Gasteiger partial charge is 0.378 e. The Morgan fingerprint density at radius 3 is 2.64 bits per heavy atom. The van der Waals surface area contributed by atoms with Crippen LogP contribution in [0.3, 0.4) is 0 Å². The summed E-state index contributed by atoms with van der Waals surface area (Å²) >= 11 is 1.52. The SMILES string of the molecule is Cc1nc(C2CC2)nc2sc(C(=O)N3CCOCC3)c(C)c12. The summed E-state index contributed by atoms with van der Waals surface area (Å²) in [6, 6.07) is 0. The molecular formula is C16H19N3O2S. The predicted octanol–water partition coefficient (Wildman–Crippen LogP) is 2.66. The van der Waals surface area contributed by atoms with Crippen LogP contribution in [0.2, 0.25) is 0 Å². The number of thiophene rings is 1. The van der Waals surface area contributed by atoms with E-state index in [1.807, 2.05) is 18.7 Å². The summed E-state index contributed by atoms with van der Waals surface area (Å²) in [5, 5.41) is 1.06. The minimum atomic E-state index is 0.108. The van der Waals surface area contributed by atoms with E-state index in [2.05, 4.69) is 4.98 Å². The van der Waals surface area contributed by atoms with Crippen LogP contribution in [0.1, 0.15) is 45.5 Å². The van der Waals surface area contributed by atoms with Crippen LogP contribution in [0.4, 0.5) is 0 Å². The minimum Gasteiger partial charge on any atom is -0.378 e. The first-order valence-electron chi connectivity index (χ1n) is 7.80. The molecule has 0 bridgehead atoms. The molecule has 0 spiro atoms. The number of amides is 1. The van der Waals surface area contributed by atoms with Crippen LogP contribution < -0.4 is 0 Å². The van der Waals surface area contributed by atoms with Gasteiger partial charge in [0.25, 0.3) is 5.91 Å². The molecule has 2 aromatic rings. The minimum absolute atomic E-state index is 0.108. The molecule has 0 N–H and O–H groups in total. The van der Waals surface area contributed by atoms with E-state index in [1.165, 1.54) is 24.2 Å².